The van der Waals surface area contributed by atoms with Gasteiger partial charge in [0.2, 0.25) is 0 Å². The summed E-state index contributed by atoms with van der Waals surface area (Å²) in [5.74, 6) is 0. The third-order valence-corrected chi connectivity index (χ3v) is 3.21. The Bertz CT molecular complexity index is 374. The highest BCUT2D eigenvalue weighted by atomic mass is 15.1. The second kappa shape index (κ2) is 5.52. The first kappa shape index (κ1) is 12.4. The van der Waals surface area contributed by atoms with Crippen LogP contribution in [0.1, 0.15) is 18.1 Å². The van der Waals surface area contributed by atoms with E-state index in [2.05, 4.69) is 54.8 Å². The second-order valence-corrected chi connectivity index (χ2v) is 5.17. The van der Waals surface area contributed by atoms with Crippen LogP contribution in [0.5, 0.6) is 0 Å². The number of anilines is 1. The smallest absolute Gasteiger partial charge is 0.0419 e. The molecular formula is C14H23N3. The molecule has 1 aromatic carbocycles. The molecule has 0 bridgehead atoms. The molecule has 0 aromatic heterocycles. The monoisotopic (exact) mass is 233 g/mol. The predicted molar refractivity (Wildman–Crippen MR) is 73.5 cm³/mol. The molecule has 2 rings (SSSR count). The van der Waals surface area contributed by atoms with Gasteiger partial charge < -0.3 is 15.5 Å². The first-order valence-corrected chi connectivity index (χ1v) is 6.39. The molecule has 0 spiro atoms. The van der Waals surface area contributed by atoms with Crippen molar-refractivity contribution in [3.8, 4) is 0 Å². The molecule has 1 aromatic rings. The minimum absolute atomic E-state index is 0.516. The molecule has 3 nitrogen and oxygen atoms in total. The molecule has 2 N–H and O–H groups in total. The Balaban J connectivity index is 1.93. The minimum atomic E-state index is 0.516. The Morgan fingerprint density at radius 2 is 2.24 bits per heavy atom. The van der Waals surface area contributed by atoms with E-state index >= 15 is 0 Å². The molecule has 0 aliphatic carbocycles. The number of fused-ring (bicyclic) bond motifs is 1. The van der Waals surface area contributed by atoms with E-state index in [1.807, 2.05) is 0 Å². The molecule has 17 heavy (non-hydrogen) atoms. The normalized spacial score (nSPS) is 15.8. The van der Waals surface area contributed by atoms with Gasteiger partial charge in [0.05, 0.1) is 0 Å². The number of nitrogens with one attached hydrogen (secondary N) is 2. The van der Waals surface area contributed by atoms with Gasteiger partial charge >= 0.3 is 0 Å². The Morgan fingerprint density at radius 3 is 3.00 bits per heavy atom. The van der Waals surface area contributed by atoms with Crippen molar-refractivity contribution in [3.05, 3.63) is 29.3 Å². The van der Waals surface area contributed by atoms with E-state index in [-0.39, 0.29) is 0 Å². The van der Waals surface area contributed by atoms with Crippen molar-refractivity contribution < 1.29 is 0 Å². The summed E-state index contributed by atoms with van der Waals surface area (Å²) < 4.78 is 0. The van der Waals surface area contributed by atoms with Gasteiger partial charge in [-0.15, -0.1) is 0 Å². The average molecular weight is 233 g/mol. The Hall–Kier alpha value is -1.06. The molecule has 1 atom stereocenters. The molecule has 0 fully saturated rings. The van der Waals surface area contributed by atoms with Crippen LogP contribution in [-0.2, 0) is 13.0 Å². The number of benzene rings is 1. The van der Waals surface area contributed by atoms with Gasteiger partial charge in [-0.25, -0.2) is 0 Å². The van der Waals surface area contributed by atoms with Crippen molar-refractivity contribution in [3.63, 3.8) is 0 Å². The summed E-state index contributed by atoms with van der Waals surface area (Å²) in [7, 11) is 4.22. The number of para-hydroxylation sites is 1. The van der Waals surface area contributed by atoms with Gasteiger partial charge in [0.25, 0.3) is 0 Å². The summed E-state index contributed by atoms with van der Waals surface area (Å²) in [5, 5.41) is 7.06. The van der Waals surface area contributed by atoms with Crippen molar-refractivity contribution in [2.75, 3.05) is 32.5 Å². The van der Waals surface area contributed by atoms with Crippen LogP contribution in [0.15, 0.2) is 18.2 Å². The maximum atomic E-state index is 3.58. The molecule has 3 heteroatoms. The fourth-order valence-electron chi connectivity index (χ4n) is 2.45. The van der Waals surface area contributed by atoms with Crippen LogP contribution in [0.3, 0.4) is 0 Å². The number of hydrogen-bond donors (Lipinski definition) is 2. The minimum Gasteiger partial charge on any atom is -0.384 e. The maximum Gasteiger partial charge on any atom is 0.0419 e. The van der Waals surface area contributed by atoms with E-state index in [1.54, 1.807) is 0 Å². The highest BCUT2D eigenvalue weighted by molar-refractivity contribution is 5.61. The summed E-state index contributed by atoms with van der Waals surface area (Å²) in [6.45, 7) is 5.34. The van der Waals surface area contributed by atoms with E-state index in [1.165, 1.54) is 16.8 Å². The number of rotatable bonds is 5. The van der Waals surface area contributed by atoms with Crippen LogP contribution in [0.25, 0.3) is 0 Å². The predicted octanol–water partition coefficient (Wildman–Crippen LogP) is 1.69. The maximum absolute atomic E-state index is 3.58. The Labute approximate surface area is 104 Å². The quantitative estimate of drug-likeness (QED) is 0.810. The lowest BCUT2D eigenvalue weighted by atomic mass is 10.1. The first-order chi connectivity index (χ1) is 8.16. The van der Waals surface area contributed by atoms with Crippen molar-refractivity contribution in [1.29, 1.82) is 0 Å². The van der Waals surface area contributed by atoms with Crippen molar-refractivity contribution in [2.45, 2.75) is 25.9 Å². The molecule has 1 aliphatic rings. The van der Waals surface area contributed by atoms with E-state index in [4.69, 9.17) is 0 Å². The van der Waals surface area contributed by atoms with Crippen molar-refractivity contribution >= 4 is 5.69 Å². The van der Waals surface area contributed by atoms with Crippen LogP contribution < -0.4 is 10.6 Å². The van der Waals surface area contributed by atoms with Crippen molar-refractivity contribution in [2.24, 2.45) is 0 Å². The van der Waals surface area contributed by atoms with E-state index < -0.39 is 0 Å². The summed E-state index contributed by atoms with van der Waals surface area (Å²) in [6.07, 6.45) is 1.16. The number of hydrogen-bond acceptors (Lipinski definition) is 3. The Morgan fingerprint density at radius 1 is 1.41 bits per heavy atom. The molecule has 0 saturated heterocycles. The van der Waals surface area contributed by atoms with Crippen LogP contribution in [0, 0.1) is 0 Å². The summed E-state index contributed by atoms with van der Waals surface area (Å²) in [4.78, 5) is 2.21. The third kappa shape index (κ3) is 3.20. The van der Waals surface area contributed by atoms with Gasteiger partial charge in [0.1, 0.15) is 0 Å². The summed E-state index contributed by atoms with van der Waals surface area (Å²) in [5.41, 5.74) is 4.22. The van der Waals surface area contributed by atoms with Crippen LogP contribution in [0.2, 0.25) is 0 Å². The zero-order chi connectivity index (χ0) is 12.3. The first-order valence-electron chi connectivity index (χ1n) is 6.39. The molecule has 1 aliphatic heterocycles. The highest BCUT2D eigenvalue weighted by Crippen LogP contribution is 2.26. The molecular weight excluding hydrogens is 210 g/mol. The van der Waals surface area contributed by atoms with Gasteiger partial charge in [-0.05, 0) is 38.6 Å². The molecule has 1 heterocycles. The second-order valence-electron chi connectivity index (χ2n) is 5.17. The van der Waals surface area contributed by atoms with E-state index in [0.717, 1.165) is 26.1 Å². The molecule has 94 valence electrons. The average Bonchev–Trinajstić information content (AvgIpc) is 2.73. The van der Waals surface area contributed by atoms with Gasteiger partial charge in [-0.1, -0.05) is 18.2 Å². The zero-order valence-electron chi connectivity index (χ0n) is 11.1. The summed E-state index contributed by atoms with van der Waals surface area (Å²) >= 11 is 0. The lowest BCUT2D eigenvalue weighted by Crippen LogP contribution is -2.35. The fourth-order valence-corrected chi connectivity index (χ4v) is 2.45. The SMILES string of the molecule is CC(CN(C)C)NCc1cccc2c1NCC2. The topological polar surface area (TPSA) is 27.3 Å². The van der Waals surface area contributed by atoms with Crippen LogP contribution >= 0.6 is 0 Å². The summed E-state index contributed by atoms with van der Waals surface area (Å²) in [6, 6.07) is 7.12. The zero-order valence-corrected chi connectivity index (χ0v) is 11.1. The molecule has 0 amide bonds. The Kier molecular flexibility index (Phi) is 4.02. The lowest BCUT2D eigenvalue weighted by molar-refractivity contribution is 0.349. The fraction of sp³-hybridized carbons (Fsp3) is 0.571. The standard InChI is InChI=1S/C14H23N3/c1-11(10-17(2)3)16-9-13-6-4-5-12-7-8-15-14(12)13/h4-6,11,15-16H,7-10H2,1-3H3. The van der Waals surface area contributed by atoms with E-state index in [0.29, 0.717) is 6.04 Å². The number of likely N-dealkylation sites (N-methyl/N-ethyl adjacent to an activating group) is 1. The molecule has 1 unspecified atom stereocenters. The third-order valence-electron chi connectivity index (χ3n) is 3.21. The molecule has 0 radical (unpaired) electrons. The van der Waals surface area contributed by atoms with Crippen molar-refractivity contribution in [1.82, 2.24) is 10.2 Å². The van der Waals surface area contributed by atoms with Gasteiger partial charge in [-0.3, -0.25) is 0 Å². The van der Waals surface area contributed by atoms with Gasteiger partial charge in [-0.2, -0.15) is 0 Å². The largest absolute Gasteiger partial charge is 0.384 e. The number of nitrogens with zero attached hydrogens (tertiary/aromatic N) is 1. The highest BCUT2D eigenvalue weighted by Gasteiger charge is 2.13. The van der Waals surface area contributed by atoms with Crippen LogP contribution in [-0.4, -0.2) is 38.1 Å². The van der Waals surface area contributed by atoms with Gasteiger partial charge in [0, 0.05) is 31.4 Å². The lowest BCUT2D eigenvalue weighted by Gasteiger charge is -2.19. The van der Waals surface area contributed by atoms with Gasteiger partial charge in [0.15, 0.2) is 0 Å². The molecule has 0 saturated carbocycles. The van der Waals surface area contributed by atoms with E-state index in [9.17, 15) is 0 Å². The van der Waals surface area contributed by atoms with Crippen LogP contribution in [0.4, 0.5) is 5.69 Å².